The monoisotopic (exact) mass is 713 g/mol. The minimum absolute atomic E-state index is 0.00311. The van der Waals surface area contributed by atoms with Crippen molar-refractivity contribution >= 4 is 24.6 Å². The fourth-order valence-corrected chi connectivity index (χ4v) is 12.4. The number of carbonyl (C=O) groups excluding carboxylic acids is 1. The summed E-state index contributed by atoms with van der Waals surface area (Å²) in [5, 5.41) is 2.45. The molecule has 1 heterocycles. The van der Waals surface area contributed by atoms with Gasteiger partial charge in [-0.1, -0.05) is 106 Å². The third-order valence-electron chi connectivity index (χ3n) is 10.4. The van der Waals surface area contributed by atoms with Crippen LogP contribution in [-0.4, -0.2) is 70.8 Å². The molecule has 0 bridgehead atoms. The van der Waals surface area contributed by atoms with E-state index in [4.69, 9.17) is 18.6 Å². The highest BCUT2D eigenvalue weighted by atomic mass is 28.4. The zero-order valence-corrected chi connectivity index (χ0v) is 33.7. The average Bonchev–Trinajstić information content (AvgIpc) is 3.53. The van der Waals surface area contributed by atoms with Crippen molar-refractivity contribution in [1.82, 2.24) is 4.90 Å². The van der Waals surface area contributed by atoms with Crippen LogP contribution >= 0.6 is 0 Å². The van der Waals surface area contributed by atoms with E-state index < -0.39 is 8.32 Å². The van der Waals surface area contributed by atoms with Crippen LogP contribution in [0.3, 0.4) is 0 Å². The zero-order chi connectivity index (χ0) is 37.2. The molecule has 6 nitrogen and oxygen atoms in total. The van der Waals surface area contributed by atoms with E-state index in [-0.39, 0.29) is 40.5 Å². The lowest BCUT2D eigenvalue weighted by Crippen LogP contribution is -2.66. The Morgan fingerprint density at radius 2 is 1.51 bits per heavy atom. The number of allylic oxidation sites excluding steroid dienone is 1. The summed E-state index contributed by atoms with van der Waals surface area (Å²) in [6, 6.07) is 29.7. The third kappa shape index (κ3) is 10.4. The average molecular weight is 714 g/mol. The maximum atomic E-state index is 14.9. The predicted octanol–water partition coefficient (Wildman–Crippen LogP) is 8.22. The van der Waals surface area contributed by atoms with Crippen molar-refractivity contribution < 1.29 is 23.4 Å². The van der Waals surface area contributed by atoms with Gasteiger partial charge in [0.2, 0.25) is 5.91 Å². The largest absolute Gasteiger partial charge is 0.497 e. The summed E-state index contributed by atoms with van der Waals surface area (Å²) in [5.74, 6) is 0.751. The van der Waals surface area contributed by atoms with Crippen molar-refractivity contribution in [1.29, 1.82) is 0 Å². The van der Waals surface area contributed by atoms with E-state index in [2.05, 4.69) is 128 Å². The van der Waals surface area contributed by atoms with Gasteiger partial charge in [-0.2, -0.15) is 0 Å². The van der Waals surface area contributed by atoms with Gasteiger partial charge in [0.25, 0.3) is 8.32 Å². The molecular formula is C44H63NO5Si. The summed E-state index contributed by atoms with van der Waals surface area (Å²) in [6.07, 6.45) is 3.87. The summed E-state index contributed by atoms with van der Waals surface area (Å²) >= 11 is 0. The van der Waals surface area contributed by atoms with Crippen LogP contribution in [0.5, 0.6) is 5.75 Å². The Morgan fingerprint density at radius 3 is 2.04 bits per heavy atom. The number of methoxy groups -OCH3 is 2. The van der Waals surface area contributed by atoms with Crippen molar-refractivity contribution in [2.24, 2.45) is 11.8 Å². The van der Waals surface area contributed by atoms with Crippen molar-refractivity contribution in [3.8, 4) is 5.75 Å². The van der Waals surface area contributed by atoms with Gasteiger partial charge in [-0.05, 0) is 98.8 Å². The maximum absolute atomic E-state index is 14.9. The van der Waals surface area contributed by atoms with Gasteiger partial charge in [-0.25, -0.2) is 0 Å². The van der Waals surface area contributed by atoms with E-state index in [0.717, 1.165) is 42.6 Å². The normalized spacial score (nSPS) is 18.0. The minimum Gasteiger partial charge on any atom is -0.497 e. The molecule has 4 rings (SSSR count). The second-order valence-electron chi connectivity index (χ2n) is 16.3. The Morgan fingerprint density at radius 1 is 0.882 bits per heavy atom. The number of hydrogen-bond donors (Lipinski definition) is 0. The van der Waals surface area contributed by atoms with Gasteiger partial charge in [-0.15, -0.1) is 0 Å². The molecule has 0 aromatic heterocycles. The number of nitrogens with zero attached hydrogens (tertiary/aromatic N) is 1. The van der Waals surface area contributed by atoms with Gasteiger partial charge in [0, 0.05) is 26.2 Å². The fourth-order valence-electron chi connectivity index (χ4n) is 7.76. The molecule has 1 amide bonds. The number of carbonyl (C=O) groups is 1. The first-order valence-electron chi connectivity index (χ1n) is 18.7. The van der Waals surface area contributed by atoms with Crippen LogP contribution in [0.25, 0.3) is 0 Å². The summed E-state index contributed by atoms with van der Waals surface area (Å²) in [5.41, 5.74) is 1.90. The van der Waals surface area contributed by atoms with Gasteiger partial charge in [0.1, 0.15) is 5.75 Å². The number of hydrogen-bond acceptors (Lipinski definition) is 5. The summed E-state index contributed by atoms with van der Waals surface area (Å²) < 4.78 is 24.9. The second-order valence-corrected chi connectivity index (χ2v) is 20.6. The molecule has 0 saturated carbocycles. The molecule has 7 heteroatoms. The van der Waals surface area contributed by atoms with Crippen molar-refractivity contribution in [3.63, 3.8) is 0 Å². The highest BCUT2D eigenvalue weighted by Gasteiger charge is 2.50. The molecule has 4 atom stereocenters. The van der Waals surface area contributed by atoms with Crippen LogP contribution in [0.4, 0.5) is 0 Å². The highest BCUT2D eigenvalue weighted by molar-refractivity contribution is 6.99. The molecule has 51 heavy (non-hydrogen) atoms. The van der Waals surface area contributed by atoms with Crippen LogP contribution in [0.15, 0.2) is 97.1 Å². The van der Waals surface area contributed by atoms with E-state index >= 15 is 0 Å². The number of rotatable bonds is 17. The SMILES string of the molecule is C=C(C)[C@H](CCCO[Si](c1ccccc1)(c1ccccc1)C(C)(C)C)[C@@H](CCc1cccc(OC)c1)C(=O)N1C[C@H](OC)C[C@H]1COC(C)(C)C. The van der Waals surface area contributed by atoms with Crippen LogP contribution in [0.2, 0.25) is 5.04 Å². The molecule has 0 spiro atoms. The molecule has 3 aromatic rings. The summed E-state index contributed by atoms with van der Waals surface area (Å²) in [6.45, 7) is 21.3. The number of aryl methyl sites for hydroxylation is 1. The molecule has 1 aliphatic rings. The van der Waals surface area contributed by atoms with E-state index in [1.165, 1.54) is 10.4 Å². The Bertz CT molecular complexity index is 1490. The van der Waals surface area contributed by atoms with Gasteiger partial charge in [-0.3, -0.25) is 4.79 Å². The number of ether oxygens (including phenoxy) is 3. The molecule has 0 radical (unpaired) electrons. The predicted molar refractivity (Wildman–Crippen MR) is 213 cm³/mol. The second kappa shape index (κ2) is 18.0. The molecule has 1 fully saturated rings. The first-order valence-corrected chi connectivity index (χ1v) is 20.6. The molecule has 3 aromatic carbocycles. The first kappa shape index (κ1) is 40.5. The lowest BCUT2D eigenvalue weighted by Gasteiger charge is -2.43. The topological polar surface area (TPSA) is 57.2 Å². The Balaban J connectivity index is 1.61. The zero-order valence-electron chi connectivity index (χ0n) is 32.7. The van der Waals surface area contributed by atoms with E-state index in [1.807, 2.05) is 17.0 Å². The molecule has 0 unspecified atom stereocenters. The number of likely N-dealkylation sites (tertiary alicyclic amines) is 1. The van der Waals surface area contributed by atoms with E-state index in [0.29, 0.717) is 26.2 Å². The lowest BCUT2D eigenvalue weighted by molar-refractivity contribution is -0.140. The van der Waals surface area contributed by atoms with Crippen LogP contribution in [0.1, 0.15) is 79.7 Å². The Hall–Kier alpha value is -3.23. The van der Waals surface area contributed by atoms with Gasteiger partial charge in [0.05, 0.1) is 31.5 Å². The van der Waals surface area contributed by atoms with E-state index in [9.17, 15) is 4.79 Å². The molecule has 0 aliphatic carbocycles. The van der Waals surface area contributed by atoms with Crippen molar-refractivity contribution in [2.75, 3.05) is 34.0 Å². The summed E-state index contributed by atoms with van der Waals surface area (Å²) in [7, 11) is 0.760. The lowest BCUT2D eigenvalue weighted by atomic mass is 9.79. The standard InChI is InChI=1S/C44H63NO5Si/c1-33(2)40(25-18-28-50-51(44(6,7)8,38-21-13-11-14-22-38)39-23-15-12-16-24-39)41(27-26-34-19-17-20-36(29-34)47-9)42(46)45-31-37(48-10)30-35(45)32-49-43(3,4)5/h11-17,19-24,29,35,37,40-41H,1,18,25-28,30-32H2,2-10H3/t35-,37+,40-,41+/m0/s1. The molecule has 0 N–H and O–H groups in total. The fraction of sp³-hybridized carbons (Fsp3) is 0.523. The quantitative estimate of drug-likeness (QED) is 0.0802. The third-order valence-corrected chi connectivity index (χ3v) is 15.5. The van der Waals surface area contributed by atoms with Gasteiger partial charge < -0.3 is 23.5 Å². The van der Waals surface area contributed by atoms with Crippen LogP contribution in [-0.2, 0) is 25.1 Å². The Kier molecular flexibility index (Phi) is 14.3. The first-order chi connectivity index (χ1) is 24.2. The number of amides is 1. The van der Waals surface area contributed by atoms with E-state index in [1.54, 1.807) is 14.2 Å². The number of benzene rings is 3. The summed E-state index contributed by atoms with van der Waals surface area (Å²) in [4.78, 5) is 16.9. The van der Waals surface area contributed by atoms with Crippen LogP contribution < -0.4 is 15.1 Å². The van der Waals surface area contributed by atoms with Crippen LogP contribution in [0, 0.1) is 11.8 Å². The van der Waals surface area contributed by atoms with Crippen molar-refractivity contribution in [3.05, 3.63) is 103 Å². The van der Waals surface area contributed by atoms with Gasteiger partial charge in [0.15, 0.2) is 0 Å². The Labute approximate surface area is 309 Å². The minimum atomic E-state index is -2.67. The van der Waals surface area contributed by atoms with Crippen molar-refractivity contribution in [2.45, 2.75) is 103 Å². The molecule has 278 valence electrons. The highest BCUT2D eigenvalue weighted by Crippen LogP contribution is 2.38. The maximum Gasteiger partial charge on any atom is 0.261 e. The van der Waals surface area contributed by atoms with Gasteiger partial charge >= 0.3 is 0 Å². The molecule has 1 saturated heterocycles. The molecular weight excluding hydrogens is 651 g/mol. The molecule has 1 aliphatic heterocycles. The smallest absolute Gasteiger partial charge is 0.261 e.